The molecule has 1 heterocycles. The molecule has 0 radical (unpaired) electrons. The first-order valence-electron chi connectivity index (χ1n) is 11.0. The van der Waals surface area contributed by atoms with E-state index in [9.17, 15) is 14.0 Å². The number of benzene rings is 3. The summed E-state index contributed by atoms with van der Waals surface area (Å²) in [6.45, 7) is 3.09. The second kappa shape index (κ2) is 8.23. The van der Waals surface area contributed by atoms with Gasteiger partial charge in [0.15, 0.2) is 0 Å². The summed E-state index contributed by atoms with van der Waals surface area (Å²) in [7, 11) is 0. The van der Waals surface area contributed by atoms with Gasteiger partial charge in [0.1, 0.15) is 5.82 Å². The van der Waals surface area contributed by atoms with Gasteiger partial charge in [0.25, 0.3) is 11.8 Å². The predicted octanol–water partition coefficient (Wildman–Crippen LogP) is 4.69. The Morgan fingerprint density at radius 1 is 1.03 bits per heavy atom. The molecule has 0 spiro atoms. The lowest BCUT2D eigenvalue weighted by Gasteiger charge is -2.29. The summed E-state index contributed by atoms with van der Waals surface area (Å²) in [5.74, 6) is 0.415. The molecule has 1 aliphatic heterocycles. The van der Waals surface area contributed by atoms with Crippen molar-refractivity contribution in [2.45, 2.75) is 19.4 Å². The first-order chi connectivity index (χ1) is 15.5. The van der Waals surface area contributed by atoms with Crippen molar-refractivity contribution < 1.29 is 14.0 Å². The van der Waals surface area contributed by atoms with Gasteiger partial charge in [-0.2, -0.15) is 0 Å². The average Bonchev–Trinajstić information content (AvgIpc) is 3.49. The maximum absolute atomic E-state index is 13.9. The van der Waals surface area contributed by atoms with Gasteiger partial charge in [0, 0.05) is 24.2 Å². The van der Waals surface area contributed by atoms with Crippen molar-refractivity contribution in [1.82, 2.24) is 10.2 Å². The van der Waals surface area contributed by atoms with Crippen LogP contribution < -0.4 is 5.32 Å². The molecule has 3 aromatic carbocycles. The molecule has 5 rings (SSSR count). The molecule has 3 atom stereocenters. The highest BCUT2D eigenvalue weighted by Crippen LogP contribution is 2.50. The SMILES string of the molecule is Cc1ccc(C(=O)N2CC3CC3C2CNC(=O)c2ccccc2)c(-c2cccc(F)c2)c1. The molecule has 0 bridgehead atoms. The number of nitrogens with one attached hydrogen (secondary N) is 1. The van der Waals surface area contributed by atoms with Crippen molar-refractivity contribution in [3.8, 4) is 11.1 Å². The molecule has 0 aromatic heterocycles. The van der Waals surface area contributed by atoms with E-state index in [-0.39, 0.29) is 23.7 Å². The molecule has 4 nitrogen and oxygen atoms in total. The van der Waals surface area contributed by atoms with E-state index < -0.39 is 0 Å². The zero-order chi connectivity index (χ0) is 22.2. The van der Waals surface area contributed by atoms with Crippen molar-refractivity contribution in [2.24, 2.45) is 11.8 Å². The number of carbonyl (C=O) groups is 2. The average molecular weight is 429 g/mol. The number of amides is 2. The van der Waals surface area contributed by atoms with Gasteiger partial charge in [0.2, 0.25) is 0 Å². The van der Waals surface area contributed by atoms with Crippen molar-refractivity contribution in [3.63, 3.8) is 0 Å². The van der Waals surface area contributed by atoms with E-state index in [0.717, 1.165) is 17.5 Å². The third-order valence-electron chi connectivity index (χ3n) is 6.61. The number of hydrogen-bond acceptors (Lipinski definition) is 2. The Kier molecular flexibility index (Phi) is 5.25. The Labute approximate surface area is 187 Å². The summed E-state index contributed by atoms with van der Waals surface area (Å²) in [4.78, 5) is 28.1. The van der Waals surface area contributed by atoms with Crippen molar-refractivity contribution >= 4 is 11.8 Å². The lowest BCUT2D eigenvalue weighted by atomic mass is 9.96. The molecular formula is C27H25FN2O2. The van der Waals surface area contributed by atoms with E-state index in [1.54, 1.807) is 18.2 Å². The van der Waals surface area contributed by atoms with Crippen molar-refractivity contribution in [2.75, 3.05) is 13.1 Å². The smallest absolute Gasteiger partial charge is 0.254 e. The van der Waals surface area contributed by atoms with Gasteiger partial charge in [-0.1, -0.05) is 48.0 Å². The molecule has 162 valence electrons. The Morgan fingerprint density at radius 3 is 2.62 bits per heavy atom. The van der Waals surface area contributed by atoms with Crippen molar-refractivity contribution in [1.29, 1.82) is 0 Å². The van der Waals surface area contributed by atoms with Crippen LogP contribution in [-0.4, -0.2) is 35.8 Å². The van der Waals surface area contributed by atoms with Crippen LogP contribution in [0.3, 0.4) is 0 Å². The third kappa shape index (κ3) is 3.91. The maximum Gasteiger partial charge on any atom is 0.254 e. The fourth-order valence-corrected chi connectivity index (χ4v) is 4.85. The largest absolute Gasteiger partial charge is 0.350 e. The Morgan fingerprint density at radius 2 is 1.84 bits per heavy atom. The minimum atomic E-state index is -0.327. The number of halogens is 1. The molecule has 1 aliphatic carbocycles. The molecule has 2 amide bonds. The summed E-state index contributed by atoms with van der Waals surface area (Å²) in [6, 6.07) is 21.1. The summed E-state index contributed by atoms with van der Waals surface area (Å²) in [6.07, 6.45) is 1.10. The topological polar surface area (TPSA) is 49.4 Å². The number of hydrogen-bond donors (Lipinski definition) is 1. The first kappa shape index (κ1) is 20.4. The van der Waals surface area contributed by atoms with E-state index in [1.807, 2.05) is 54.3 Å². The minimum absolute atomic E-state index is 0.0261. The van der Waals surface area contributed by atoms with Crippen LogP contribution in [0.1, 0.15) is 32.7 Å². The summed E-state index contributed by atoms with van der Waals surface area (Å²) >= 11 is 0. The molecule has 1 N–H and O–H groups in total. The minimum Gasteiger partial charge on any atom is -0.350 e. The van der Waals surface area contributed by atoms with Gasteiger partial charge < -0.3 is 10.2 Å². The normalized spacial score (nSPS) is 21.2. The molecular weight excluding hydrogens is 403 g/mol. The molecule has 2 fully saturated rings. The van der Waals surface area contributed by atoms with Gasteiger partial charge in [-0.05, 0) is 66.6 Å². The van der Waals surface area contributed by atoms with Crippen molar-refractivity contribution in [3.05, 3.63) is 95.3 Å². The standard InChI is InChI=1S/C27H25FN2O2/c1-17-10-11-22(23(12-17)19-8-5-9-21(28)13-19)27(32)30-16-20-14-24(20)25(30)15-29-26(31)18-6-3-2-4-7-18/h2-13,20,24-25H,14-16H2,1H3,(H,29,31). The summed E-state index contributed by atoms with van der Waals surface area (Å²) in [5, 5.41) is 3.01. The van der Waals surface area contributed by atoms with Gasteiger partial charge in [-0.15, -0.1) is 0 Å². The van der Waals surface area contributed by atoms with Crippen LogP contribution in [0.15, 0.2) is 72.8 Å². The molecule has 3 unspecified atom stereocenters. The van der Waals surface area contributed by atoms with Crippen LogP contribution in [-0.2, 0) is 0 Å². The van der Waals surface area contributed by atoms with E-state index in [2.05, 4.69) is 5.32 Å². The molecule has 32 heavy (non-hydrogen) atoms. The zero-order valence-corrected chi connectivity index (χ0v) is 17.9. The van der Waals surface area contributed by atoms with E-state index in [4.69, 9.17) is 0 Å². The summed E-state index contributed by atoms with van der Waals surface area (Å²) < 4.78 is 13.9. The third-order valence-corrected chi connectivity index (χ3v) is 6.61. The fourth-order valence-electron chi connectivity index (χ4n) is 4.85. The highest BCUT2D eigenvalue weighted by atomic mass is 19.1. The van der Waals surface area contributed by atoms with Crippen LogP contribution in [0.4, 0.5) is 4.39 Å². The van der Waals surface area contributed by atoms with E-state index in [1.165, 1.54) is 12.1 Å². The van der Waals surface area contributed by atoms with Crippen LogP contribution >= 0.6 is 0 Å². The zero-order valence-electron chi connectivity index (χ0n) is 17.9. The van der Waals surface area contributed by atoms with E-state index in [0.29, 0.717) is 41.6 Å². The highest BCUT2D eigenvalue weighted by Gasteiger charge is 2.54. The molecule has 2 aliphatic rings. The Balaban J connectivity index is 1.39. The predicted molar refractivity (Wildman–Crippen MR) is 122 cm³/mol. The Bertz CT molecular complexity index is 1180. The number of fused-ring (bicyclic) bond motifs is 1. The monoisotopic (exact) mass is 428 g/mol. The second-order valence-corrected chi connectivity index (χ2v) is 8.82. The first-order valence-corrected chi connectivity index (χ1v) is 11.0. The number of rotatable bonds is 5. The lowest BCUT2D eigenvalue weighted by Crippen LogP contribution is -2.45. The number of nitrogens with zero attached hydrogens (tertiary/aromatic N) is 1. The van der Waals surface area contributed by atoms with Gasteiger partial charge in [-0.25, -0.2) is 4.39 Å². The number of carbonyl (C=O) groups excluding carboxylic acids is 2. The maximum atomic E-state index is 13.9. The fraction of sp³-hybridized carbons (Fsp3) is 0.259. The van der Waals surface area contributed by atoms with Crippen LogP contribution in [0.25, 0.3) is 11.1 Å². The number of aryl methyl sites for hydroxylation is 1. The molecule has 1 saturated carbocycles. The van der Waals surface area contributed by atoms with Crippen LogP contribution in [0, 0.1) is 24.6 Å². The quantitative estimate of drug-likeness (QED) is 0.641. The van der Waals surface area contributed by atoms with Gasteiger partial charge in [-0.3, -0.25) is 9.59 Å². The number of piperidine rings is 1. The Hall–Kier alpha value is -3.47. The lowest BCUT2D eigenvalue weighted by molar-refractivity contribution is 0.0695. The number of likely N-dealkylation sites (tertiary alicyclic amines) is 1. The van der Waals surface area contributed by atoms with Crippen LogP contribution in [0.5, 0.6) is 0 Å². The molecule has 3 aromatic rings. The highest BCUT2D eigenvalue weighted by molar-refractivity contribution is 6.01. The molecule has 1 saturated heterocycles. The summed E-state index contributed by atoms with van der Waals surface area (Å²) in [5.41, 5.74) is 3.62. The van der Waals surface area contributed by atoms with Gasteiger partial charge in [0.05, 0.1) is 6.04 Å². The second-order valence-electron chi connectivity index (χ2n) is 8.82. The van der Waals surface area contributed by atoms with Gasteiger partial charge >= 0.3 is 0 Å². The van der Waals surface area contributed by atoms with Crippen LogP contribution in [0.2, 0.25) is 0 Å². The molecule has 5 heteroatoms. The van der Waals surface area contributed by atoms with E-state index >= 15 is 0 Å².